The number of hydrogen-bond donors (Lipinski definition) is 0. The number of likely N-dealkylation sites (N-methyl/N-ethyl adjacent to an activating group) is 2. The molecule has 0 spiro atoms. The molecule has 2 heterocycles. The van der Waals surface area contributed by atoms with Crippen molar-refractivity contribution in [3.63, 3.8) is 0 Å². The minimum Gasteiger partial charge on any atom is -0.368 e. The Labute approximate surface area is 112 Å². The number of halogens is 2. The van der Waals surface area contributed by atoms with Gasteiger partial charge in [-0.15, -0.1) is 0 Å². The summed E-state index contributed by atoms with van der Waals surface area (Å²) in [6, 6.07) is 0.464. The zero-order valence-corrected chi connectivity index (χ0v) is 11.7. The van der Waals surface area contributed by atoms with E-state index in [4.69, 9.17) is 23.2 Å². The fraction of sp³-hybridized carbons (Fsp3) is 0.583. The van der Waals surface area contributed by atoms with Crippen molar-refractivity contribution in [1.29, 1.82) is 0 Å². The summed E-state index contributed by atoms with van der Waals surface area (Å²) in [5.74, 6) is 0. The molecule has 94 valence electrons. The minimum absolute atomic E-state index is 0.464. The average Bonchev–Trinajstić information content (AvgIpc) is 2.28. The first-order valence-electron chi connectivity index (χ1n) is 5.80. The molecule has 5 heteroatoms. The molecule has 1 aliphatic rings. The van der Waals surface area contributed by atoms with Crippen LogP contribution in [-0.4, -0.2) is 43.1 Å². The van der Waals surface area contributed by atoms with E-state index in [9.17, 15) is 0 Å². The van der Waals surface area contributed by atoms with Crippen molar-refractivity contribution < 1.29 is 0 Å². The summed E-state index contributed by atoms with van der Waals surface area (Å²) in [5, 5.41) is 1.24. The molecule has 17 heavy (non-hydrogen) atoms. The van der Waals surface area contributed by atoms with Gasteiger partial charge in [-0.25, -0.2) is 0 Å². The van der Waals surface area contributed by atoms with Gasteiger partial charge in [0.2, 0.25) is 0 Å². The van der Waals surface area contributed by atoms with E-state index in [1.807, 2.05) is 0 Å². The molecule has 0 bridgehead atoms. The van der Waals surface area contributed by atoms with Gasteiger partial charge in [0, 0.05) is 32.0 Å². The van der Waals surface area contributed by atoms with Crippen LogP contribution in [0.3, 0.4) is 0 Å². The normalized spacial score (nSPS) is 21.5. The molecule has 1 aliphatic heterocycles. The van der Waals surface area contributed by atoms with E-state index in [0.717, 1.165) is 12.2 Å². The summed E-state index contributed by atoms with van der Waals surface area (Å²) < 4.78 is 0. The first-order valence-corrected chi connectivity index (χ1v) is 6.55. The van der Waals surface area contributed by atoms with Gasteiger partial charge in [-0.3, -0.25) is 4.98 Å². The molecule has 1 aromatic heterocycles. The highest BCUT2D eigenvalue weighted by Gasteiger charge is 2.24. The highest BCUT2D eigenvalue weighted by Crippen LogP contribution is 2.34. The second-order valence-corrected chi connectivity index (χ2v) is 5.44. The summed E-state index contributed by atoms with van der Waals surface area (Å²) in [5.41, 5.74) is 0.892. The van der Waals surface area contributed by atoms with Crippen LogP contribution >= 0.6 is 23.2 Å². The van der Waals surface area contributed by atoms with Gasteiger partial charge in [-0.1, -0.05) is 23.2 Å². The minimum atomic E-state index is 0.464. The van der Waals surface area contributed by atoms with Crippen molar-refractivity contribution in [3.8, 4) is 0 Å². The van der Waals surface area contributed by atoms with Crippen LogP contribution in [-0.2, 0) is 0 Å². The molecule has 3 nitrogen and oxygen atoms in total. The van der Waals surface area contributed by atoms with E-state index >= 15 is 0 Å². The molecule has 0 saturated carbocycles. The van der Waals surface area contributed by atoms with Crippen molar-refractivity contribution in [1.82, 2.24) is 9.88 Å². The summed E-state index contributed by atoms with van der Waals surface area (Å²) in [4.78, 5) is 8.51. The second-order valence-electron chi connectivity index (χ2n) is 4.62. The van der Waals surface area contributed by atoms with Crippen LogP contribution in [0.25, 0.3) is 0 Å². The molecule has 0 N–H and O–H groups in total. The predicted molar refractivity (Wildman–Crippen MR) is 73.2 cm³/mol. The molecule has 1 saturated heterocycles. The molecule has 0 aliphatic carbocycles. The molecule has 1 aromatic rings. The Morgan fingerprint density at radius 2 is 2.00 bits per heavy atom. The number of hydrogen-bond acceptors (Lipinski definition) is 3. The molecule has 0 unspecified atom stereocenters. The predicted octanol–water partition coefficient (Wildman–Crippen LogP) is 2.92. The molecule has 0 amide bonds. The zero-order valence-electron chi connectivity index (χ0n) is 10.2. The van der Waals surface area contributed by atoms with Crippen LogP contribution in [0.15, 0.2) is 12.4 Å². The fourth-order valence-corrected chi connectivity index (χ4v) is 3.01. The van der Waals surface area contributed by atoms with Crippen molar-refractivity contribution in [3.05, 3.63) is 22.4 Å². The number of piperidine rings is 1. The molecular weight excluding hydrogens is 257 g/mol. The van der Waals surface area contributed by atoms with E-state index in [1.165, 1.54) is 19.4 Å². The number of aromatic nitrogens is 1. The molecule has 1 fully saturated rings. The fourth-order valence-electron chi connectivity index (χ4n) is 2.38. The number of rotatable bonds is 2. The SMILES string of the molecule is CN1CCC[C@@H](N(C)c2c(Cl)cncc2Cl)C1. The topological polar surface area (TPSA) is 19.4 Å². The van der Waals surface area contributed by atoms with Crippen molar-refractivity contribution >= 4 is 28.9 Å². The van der Waals surface area contributed by atoms with Gasteiger partial charge < -0.3 is 9.80 Å². The van der Waals surface area contributed by atoms with Crippen LogP contribution in [0.4, 0.5) is 5.69 Å². The van der Waals surface area contributed by atoms with Gasteiger partial charge in [-0.05, 0) is 26.4 Å². The first-order chi connectivity index (χ1) is 8.09. The Hall–Kier alpha value is -0.510. The lowest BCUT2D eigenvalue weighted by Crippen LogP contribution is -2.45. The maximum absolute atomic E-state index is 6.18. The van der Waals surface area contributed by atoms with Crippen molar-refractivity contribution in [2.24, 2.45) is 0 Å². The van der Waals surface area contributed by atoms with Crippen LogP contribution in [0, 0.1) is 0 Å². The highest BCUT2D eigenvalue weighted by molar-refractivity contribution is 6.38. The molecular formula is C12H17Cl2N3. The van der Waals surface area contributed by atoms with Gasteiger partial charge in [0.15, 0.2) is 0 Å². The van der Waals surface area contributed by atoms with Gasteiger partial charge >= 0.3 is 0 Å². The number of likely N-dealkylation sites (tertiary alicyclic amines) is 1. The summed E-state index contributed by atoms with van der Waals surface area (Å²) in [6.07, 6.45) is 5.68. The van der Waals surface area contributed by atoms with Gasteiger partial charge in [-0.2, -0.15) is 0 Å². The van der Waals surface area contributed by atoms with E-state index in [1.54, 1.807) is 12.4 Å². The van der Waals surface area contributed by atoms with E-state index < -0.39 is 0 Å². The Balaban J connectivity index is 2.21. The Kier molecular flexibility index (Phi) is 4.13. The average molecular weight is 274 g/mol. The van der Waals surface area contributed by atoms with E-state index in [2.05, 4.69) is 28.9 Å². The lowest BCUT2D eigenvalue weighted by Gasteiger charge is -2.37. The third kappa shape index (κ3) is 2.84. The number of anilines is 1. The number of pyridine rings is 1. The van der Waals surface area contributed by atoms with Gasteiger partial charge in [0.1, 0.15) is 0 Å². The monoisotopic (exact) mass is 273 g/mol. The van der Waals surface area contributed by atoms with Crippen LogP contribution in [0.1, 0.15) is 12.8 Å². The third-order valence-corrected chi connectivity index (χ3v) is 3.88. The molecule has 0 aromatic carbocycles. The first kappa shape index (κ1) is 12.9. The smallest absolute Gasteiger partial charge is 0.0838 e. The molecule has 1 atom stereocenters. The summed E-state index contributed by atoms with van der Waals surface area (Å²) >= 11 is 12.4. The maximum Gasteiger partial charge on any atom is 0.0838 e. The van der Waals surface area contributed by atoms with Gasteiger partial charge in [0.05, 0.1) is 15.7 Å². The maximum atomic E-state index is 6.18. The van der Waals surface area contributed by atoms with Crippen LogP contribution in [0.5, 0.6) is 0 Å². The summed E-state index contributed by atoms with van der Waals surface area (Å²) in [6.45, 7) is 2.22. The lowest BCUT2D eigenvalue weighted by molar-refractivity contribution is 0.248. The van der Waals surface area contributed by atoms with Crippen LogP contribution in [0.2, 0.25) is 10.0 Å². The van der Waals surface area contributed by atoms with Crippen molar-refractivity contribution in [2.45, 2.75) is 18.9 Å². The molecule has 2 rings (SSSR count). The second kappa shape index (κ2) is 5.42. The zero-order chi connectivity index (χ0) is 12.4. The number of nitrogens with zero attached hydrogens (tertiary/aromatic N) is 3. The highest BCUT2D eigenvalue weighted by atomic mass is 35.5. The largest absolute Gasteiger partial charge is 0.368 e. The van der Waals surface area contributed by atoms with Crippen molar-refractivity contribution in [2.75, 3.05) is 32.1 Å². The molecule has 0 radical (unpaired) electrons. The summed E-state index contributed by atoms with van der Waals surface area (Å²) in [7, 11) is 4.20. The Morgan fingerprint density at radius 1 is 1.35 bits per heavy atom. The quantitative estimate of drug-likeness (QED) is 0.826. The third-order valence-electron chi connectivity index (χ3n) is 3.33. The van der Waals surface area contributed by atoms with E-state index in [0.29, 0.717) is 16.1 Å². The standard InChI is InChI=1S/C12H17Cl2N3/c1-16-5-3-4-9(8-16)17(2)12-10(13)6-15-7-11(12)14/h6-7,9H,3-5,8H2,1-2H3/t9-/m1/s1. The van der Waals surface area contributed by atoms with Crippen LogP contribution < -0.4 is 4.90 Å². The Bertz CT molecular complexity index is 377. The lowest BCUT2D eigenvalue weighted by atomic mass is 10.0. The van der Waals surface area contributed by atoms with Gasteiger partial charge in [0.25, 0.3) is 0 Å². The Morgan fingerprint density at radius 3 is 2.59 bits per heavy atom. The van der Waals surface area contributed by atoms with E-state index in [-0.39, 0.29) is 0 Å².